The Morgan fingerprint density at radius 1 is 1.00 bits per heavy atom. The summed E-state index contributed by atoms with van der Waals surface area (Å²) < 4.78 is 5.43. The van der Waals surface area contributed by atoms with E-state index in [-0.39, 0.29) is 24.8 Å². The summed E-state index contributed by atoms with van der Waals surface area (Å²) in [4.78, 5) is 23.7. The SMILES string of the molecule is CCCc1ccc(OCC(=O)NN=C(C)CC(=O)Nc2ccccc2)cc1. The van der Waals surface area contributed by atoms with Crippen molar-refractivity contribution in [3.8, 4) is 5.75 Å². The lowest BCUT2D eigenvalue weighted by Gasteiger charge is -2.07. The summed E-state index contributed by atoms with van der Waals surface area (Å²) >= 11 is 0. The number of para-hydroxylation sites is 1. The number of ether oxygens (including phenoxy) is 1. The van der Waals surface area contributed by atoms with Crippen molar-refractivity contribution in [2.45, 2.75) is 33.1 Å². The van der Waals surface area contributed by atoms with Crippen molar-refractivity contribution in [2.75, 3.05) is 11.9 Å². The largest absolute Gasteiger partial charge is 0.484 e. The molecule has 0 aliphatic heterocycles. The lowest BCUT2D eigenvalue weighted by atomic mass is 10.1. The molecule has 2 aromatic carbocycles. The van der Waals surface area contributed by atoms with Crippen LogP contribution in [-0.4, -0.2) is 24.1 Å². The predicted molar refractivity (Wildman–Crippen MR) is 107 cm³/mol. The molecule has 0 fully saturated rings. The van der Waals surface area contributed by atoms with Crippen LogP contribution in [0.4, 0.5) is 5.69 Å². The molecule has 2 aromatic rings. The van der Waals surface area contributed by atoms with Crippen LogP contribution < -0.4 is 15.5 Å². The average molecular weight is 367 g/mol. The van der Waals surface area contributed by atoms with Crippen LogP contribution in [0.3, 0.4) is 0 Å². The molecule has 6 nitrogen and oxygen atoms in total. The fraction of sp³-hybridized carbons (Fsp3) is 0.286. The van der Waals surface area contributed by atoms with E-state index < -0.39 is 0 Å². The number of hydrogen-bond donors (Lipinski definition) is 2. The van der Waals surface area contributed by atoms with E-state index in [4.69, 9.17) is 4.74 Å². The third-order valence-corrected chi connectivity index (χ3v) is 3.68. The molecule has 0 aromatic heterocycles. The van der Waals surface area contributed by atoms with Crippen LogP contribution in [0.15, 0.2) is 59.7 Å². The number of hydrogen-bond acceptors (Lipinski definition) is 4. The standard InChI is InChI=1S/C21H25N3O3/c1-3-7-17-10-12-19(13-11-17)27-15-21(26)24-23-16(2)14-20(25)22-18-8-5-4-6-9-18/h4-6,8-13H,3,7,14-15H2,1-2H3,(H,22,25)(H,24,26). The third kappa shape index (κ3) is 7.73. The number of rotatable bonds is 9. The van der Waals surface area contributed by atoms with Crippen LogP contribution in [0.5, 0.6) is 5.75 Å². The highest BCUT2D eigenvalue weighted by Crippen LogP contribution is 2.13. The number of hydrazone groups is 1. The van der Waals surface area contributed by atoms with Gasteiger partial charge in [-0.3, -0.25) is 9.59 Å². The van der Waals surface area contributed by atoms with Gasteiger partial charge in [0.15, 0.2) is 6.61 Å². The molecule has 0 aliphatic rings. The van der Waals surface area contributed by atoms with Crippen LogP contribution in [0.1, 0.15) is 32.3 Å². The van der Waals surface area contributed by atoms with Crippen molar-refractivity contribution in [3.05, 3.63) is 60.2 Å². The number of anilines is 1. The second-order valence-electron chi connectivity index (χ2n) is 6.16. The molecular formula is C21H25N3O3. The minimum atomic E-state index is -0.379. The molecule has 0 spiro atoms. The molecule has 2 rings (SSSR count). The lowest BCUT2D eigenvalue weighted by Crippen LogP contribution is -2.26. The van der Waals surface area contributed by atoms with Gasteiger partial charge in [0.1, 0.15) is 5.75 Å². The van der Waals surface area contributed by atoms with Crippen molar-refractivity contribution in [1.82, 2.24) is 5.43 Å². The molecule has 2 N–H and O–H groups in total. The Kier molecular flexibility index (Phi) is 8.03. The van der Waals surface area contributed by atoms with Crippen molar-refractivity contribution in [1.29, 1.82) is 0 Å². The smallest absolute Gasteiger partial charge is 0.277 e. The van der Waals surface area contributed by atoms with Gasteiger partial charge in [-0.2, -0.15) is 5.10 Å². The maximum Gasteiger partial charge on any atom is 0.277 e. The number of nitrogens with one attached hydrogen (secondary N) is 2. The van der Waals surface area contributed by atoms with E-state index in [0.717, 1.165) is 18.5 Å². The molecule has 0 unspecified atom stereocenters. The van der Waals surface area contributed by atoms with Gasteiger partial charge in [-0.05, 0) is 43.2 Å². The summed E-state index contributed by atoms with van der Waals surface area (Å²) in [5, 5.41) is 6.70. The second kappa shape index (κ2) is 10.8. The van der Waals surface area contributed by atoms with Gasteiger partial charge in [-0.15, -0.1) is 0 Å². The molecule has 27 heavy (non-hydrogen) atoms. The zero-order valence-corrected chi connectivity index (χ0v) is 15.7. The summed E-state index contributed by atoms with van der Waals surface area (Å²) in [6.45, 7) is 3.67. The number of carbonyl (C=O) groups excluding carboxylic acids is 2. The number of benzene rings is 2. The molecule has 0 heterocycles. The Bertz CT molecular complexity index is 771. The van der Waals surface area contributed by atoms with E-state index in [0.29, 0.717) is 11.5 Å². The van der Waals surface area contributed by atoms with Crippen molar-refractivity contribution >= 4 is 23.2 Å². The van der Waals surface area contributed by atoms with Crippen LogP contribution in [-0.2, 0) is 16.0 Å². The minimum absolute atomic E-state index is 0.0922. The fourth-order valence-electron chi connectivity index (χ4n) is 2.38. The van der Waals surface area contributed by atoms with Gasteiger partial charge >= 0.3 is 0 Å². The highest BCUT2D eigenvalue weighted by Gasteiger charge is 2.06. The van der Waals surface area contributed by atoms with E-state index >= 15 is 0 Å². The first-order chi connectivity index (χ1) is 13.1. The lowest BCUT2D eigenvalue weighted by molar-refractivity contribution is -0.123. The Balaban J connectivity index is 1.72. The van der Waals surface area contributed by atoms with Crippen LogP contribution in [0.25, 0.3) is 0 Å². The summed E-state index contributed by atoms with van der Waals surface area (Å²) in [6.07, 6.45) is 2.20. The first-order valence-electron chi connectivity index (χ1n) is 8.95. The van der Waals surface area contributed by atoms with Gasteiger partial charge in [-0.1, -0.05) is 43.7 Å². The van der Waals surface area contributed by atoms with Gasteiger partial charge in [0, 0.05) is 11.4 Å². The van der Waals surface area contributed by atoms with E-state index in [9.17, 15) is 9.59 Å². The van der Waals surface area contributed by atoms with Crippen molar-refractivity contribution in [3.63, 3.8) is 0 Å². The van der Waals surface area contributed by atoms with E-state index in [1.54, 1.807) is 19.1 Å². The first kappa shape index (κ1) is 20.2. The minimum Gasteiger partial charge on any atom is -0.484 e. The zero-order chi connectivity index (χ0) is 19.5. The molecule has 0 saturated heterocycles. The Hall–Kier alpha value is -3.15. The predicted octanol–water partition coefficient (Wildman–Crippen LogP) is 3.54. The number of amides is 2. The van der Waals surface area contributed by atoms with Gasteiger partial charge < -0.3 is 10.1 Å². The maximum absolute atomic E-state index is 11.9. The van der Waals surface area contributed by atoms with E-state index in [1.807, 2.05) is 42.5 Å². The first-order valence-corrected chi connectivity index (χ1v) is 8.95. The van der Waals surface area contributed by atoms with Gasteiger partial charge in [0.05, 0.1) is 6.42 Å². The molecule has 0 aliphatic carbocycles. The quantitative estimate of drug-likeness (QED) is 0.525. The van der Waals surface area contributed by atoms with Crippen molar-refractivity contribution in [2.24, 2.45) is 5.10 Å². The number of aryl methyl sites for hydroxylation is 1. The average Bonchev–Trinajstić information content (AvgIpc) is 2.67. The summed E-state index contributed by atoms with van der Waals surface area (Å²) in [5.41, 5.74) is 4.86. The Morgan fingerprint density at radius 2 is 1.70 bits per heavy atom. The highest BCUT2D eigenvalue weighted by molar-refractivity contribution is 6.05. The Morgan fingerprint density at radius 3 is 2.37 bits per heavy atom. The number of nitrogens with zero attached hydrogens (tertiary/aromatic N) is 1. The summed E-state index contributed by atoms with van der Waals surface area (Å²) in [6, 6.07) is 16.8. The van der Waals surface area contributed by atoms with Gasteiger partial charge in [0.2, 0.25) is 5.91 Å². The molecule has 0 bridgehead atoms. The maximum atomic E-state index is 11.9. The molecule has 142 valence electrons. The third-order valence-electron chi connectivity index (χ3n) is 3.68. The van der Waals surface area contributed by atoms with Crippen LogP contribution >= 0.6 is 0 Å². The summed E-state index contributed by atoms with van der Waals surface area (Å²) in [5.74, 6) is 0.0588. The molecule has 2 amide bonds. The van der Waals surface area contributed by atoms with Crippen LogP contribution in [0, 0.1) is 0 Å². The number of carbonyl (C=O) groups is 2. The van der Waals surface area contributed by atoms with Gasteiger partial charge in [0.25, 0.3) is 5.91 Å². The highest BCUT2D eigenvalue weighted by atomic mass is 16.5. The van der Waals surface area contributed by atoms with E-state index in [2.05, 4.69) is 22.8 Å². The fourth-order valence-corrected chi connectivity index (χ4v) is 2.38. The molecule has 6 heteroatoms. The second-order valence-corrected chi connectivity index (χ2v) is 6.16. The molecule has 0 radical (unpaired) electrons. The molecule has 0 atom stereocenters. The normalized spacial score (nSPS) is 11.0. The molecule has 0 saturated carbocycles. The monoisotopic (exact) mass is 367 g/mol. The van der Waals surface area contributed by atoms with Gasteiger partial charge in [-0.25, -0.2) is 5.43 Å². The Labute approximate surface area is 159 Å². The zero-order valence-electron chi connectivity index (χ0n) is 15.7. The van der Waals surface area contributed by atoms with Crippen LogP contribution in [0.2, 0.25) is 0 Å². The topological polar surface area (TPSA) is 79.8 Å². The summed E-state index contributed by atoms with van der Waals surface area (Å²) in [7, 11) is 0. The van der Waals surface area contributed by atoms with E-state index in [1.165, 1.54) is 5.56 Å². The van der Waals surface area contributed by atoms with Crippen molar-refractivity contribution < 1.29 is 14.3 Å². The molecular weight excluding hydrogens is 342 g/mol.